The number of anilines is 1. The minimum atomic E-state index is -0.343. The Morgan fingerprint density at radius 1 is 1.64 bits per heavy atom. The Bertz CT molecular complexity index is 338. The third-order valence-corrected chi connectivity index (χ3v) is 2.55. The van der Waals surface area contributed by atoms with Crippen LogP contribution in [0, 0.1) is 5.82 Å². The molecule has 2 rings (SSSR count). The molecule has 0 saturated carbocycles. The van der Waals surface area contributed by atoms with Gasteiger partial charge in [0.05, 0.1) is 6.10 Å². The smallest absolute Gasteiger partial charge is 0.128 e. The van der Waals surface area contributed by atoms with Gasteiger partial charge in [-0.15, -0.1) is 0 Å². The summed E-state index contributed by atoms with van der Waals surface area (Å²) < 4.78 is 13.3. The summed E-state index contributed by atoms with van der Waals surface area (Å²) in [5, 5.41) is 12.4. The van der Waals surface area contributed by atoms with Crippen molar-refractivity contribution < 1.29 is 9.50 Å². The number of halogens is 1. The van der Waals surface area contributed by atoms with Crippen molar-refractivity contribution in [2.75, 3.05) is 5.32 Å². The summed E-state index contributed by atoms with van der Waals surface area (Å²) >= 11 is 0. The lowest BCUT2D eigenvalue weighted by Crippen LogP contribution is -2.21. The first kappa shape index (κ1) is 9.46. The van der Waals surface area contributed by atoms with E-state index in [1.807, 2.05) is 6.07 Å². The van der Waals surface area contributed by atoms with Gasteiger partial charge < -0.3 is 10.4 Å². The first-order chi connectivity index (χ1) is 6.66. The van der Waals surface area contributed by atoms with E-state index in [1.54, 1.807) is 13.0 Å². The largest absolute Gasteiger partial charge is 0.393 e. The predicted molar refractivity (Wildman–Crippen MR) is 53.8 cm³/mol. The fourth-order valence-corrected chi connectivity index (χ4v) is 1.97. The van der Waals surface area contributed by atoms with Crippen LogP contribution in [0.15, 0.2) is 18.2 Å². The highest BCUT2D eigenvalue weighted by molar-refractivity contribution is 5.57. The summed E-state index contributed by atoms with van der Waals surface area (Å²) in [7, 11) is 0. The number of fused-ring (bicyclic) bond motifs is 1. The van der Waals surface area contributed by atoms with Crippen molar-refractivity contribution in [1.82, 2.24) is 0 Å². The van der Waals surface area contributed by atoms with Gasteiger partial charge in [0, 0.05) is 17.3 Å². The van der Waals surface area contributed by atoms with Crippen molar-refractivity contribution >= 4 is 5.69 Å². The van der Waals surface area contributed by atoms with Crippen molar-refractivity contribution in [2.24, 2.45) is 0 Å². The van der Waals surface area contributed by atoms with Gasteiger partial charge in [-0.2, -0.15) is 0 Å². The average molecular weight is 195 g/mol. The standard InChI is InChI=1S/C11H14FNO/c1-7(14)5-8-6-9-10(12)3-2-4-11(9)13-8/h2-4,7-8,13-14H,5-6H2,1H3. The summed E-state index contributed by atoms with van der Waals surface area (Å²) in [4.78, 5) is 0. The summed E-state index contributed by atoms with van der Waals surface area (Å²) in [6.45, 7) is 1.75. The van der Waals surface area contributed by atoms with Crippen molar-refractivity contribution in [3.63, 3.8) is 0 Å². The third-order valence-electron chi connectivity index (χ3n) is 2.55. The number of hydrogen-bond acceptors (Lipinski definition) is 2. The first-order valence-corrected chi connectivity index (χ1v) is 4.89. The zero-order valence-electron chi connectivity index (χ0n) is 8.13. The minimum absolute atomic E-state index is 0.150. The molecule has 0 bridgehead atoms. The molecule has 0 spiro atoms. The quantitative estimate of drug-likeness (QED) is 0.755. The third kappa shape index (κ3) is 1.73. The van der Waals surface area contributed by atoms with Gasteiger partial charge >= 0.3 is 0 Å². The van der Waals surface area contributed by atoms with Crippen LogP contribution in [-0.2, 0) is 6.42 Å². The zero-order chi connectivity index (χ0) is 10.1. The lowest BCUT2D eigenvalue weighted by atomic mass is 10.1. The van der Waals surface area contributed by atoms with E-state index in [2.05, 4.69) is 5.32 Å². The highest BCUT2D eigenvalue weighted by atomic mass is 19.1. The summed E-state index contributed by atoms with van der Waals surface area (Å²) in [5.74, 6) is -0.150. The van der Waals surface area contributed by atoms with E-state index in [1.165, 1.54) is 6.07 Å². The highest BCUT2D eigenvalue weighted by Crippen LogP contribution is 2.29. The van der Waals surface area contributed by atoms with Gasteiger partial charge in [0.15, 0.2) is 0 Å². The second-order valence-electron chi connectivity index (χ2n) is 3.90. The van der Waals surface area contributed by atoms with Gasteiger partial charge in [-0.25, -0.2) is 4.39 Å². The Hall–Kier alpha value is -1.09. The molecule has 1 aliphatic heterocycles. The maximum Gasteiger partial charge on any atom is 0.128 e. The predicted octanol–water partition coefficient (Wildman–Crippen LogP) is 1.93. The molecule has 0 aliphatic carbocycles. The fraction of sp³-hybridized carbons (Fsp3) is 0.455. The summed E-state index contributed by atoms with van der Waals surface area (Å²) in [5.41, 5.74) is 1.62. The van der Waals surface area contributed by atoms with E-state index in [-0.39, 0.29) is 18.0 Å². The van der Waals surface area contributed by atoms with E-state index >= 15 is 0 Å². The van der Waals surface area contributed by atoms with E-state index < -0.39 is 0 Å². The second-order valence-corrected chi connectivity index (χ2v) is 3.90. The van der Waals surface area contributed by atoms with Crippen LogP contribution in [0.1, 0.15) is 18.9 Å². The molecule has 76 valence electrons. The van der Waals surface area contributed by atoms with Gasteiger partial charge in [0.1, 0.15) is 5.82 Å². The maximum atomic E-state index is 13.3. The Morgan fingerprint density at radius 3 is 3.07 bits per heavy atom. The Balaban J connectivity index is 2.14. The van der Waals surface area contributed by atoms with Crippen LogP contribution in [0.4, 0.5) is 10.1 Å². The van der Waals surface area contributed by atoms with Crippen LogP contribution in [0.25, 0.3) is 0 Å². The molecule has 0 amide bonds. The molecular formula is C11H14FNO. The van der Waals surface area contributed by atoms with E-state index in [0.29, 0.717) is 12.8 Å². The lowest BCUT2D eigenvalue weighted by molar-refractivity contribution is 0.178. The molecule has 2 atom stereocenters. The number of rotatable bonds is 2. The van der Waals surface area contributed by atoms with Crippen LogP contribution in [0.5, 0.6) is 0 Å². The number of hydrogen-bond donors (Lipinski definition) is 2. The Morgan fingerprint density at radius 2 is 2.43 bits per heavy atom. The molecule has 14 heavy (non-hydrogen) atoms. The average Bonchev–Trinajstić information content (AvgIpc) is 2.47. The van der Waals surface area contributed by atoms with Crippen molar-refractivity contribution in [2.45, 2.75) is 31.9 Å². The molecule has 1 aromatic carbocycles. The van der Waals surface area contributed by atoms with Gasteiger partial charge in [-0.05, 0) is 31.9 Å². The number of benzene rings is 1. The van der Waals surface area contributed by atoms with Crippen molar-refractivity contribution in [1.29, 1.82) is 0 Å². The van der Waals surface area contributed by atoms with E-state index in [9.17, 15) is 9.50 Å². The molecule has 2 N–H and O–H groups in total. The van der Waals surface area contributed by atoms with Gasteiger partial charge in [0.2, 0.25) is 0 Å². The molecule has 3 heteroatoms. The second kappa shape index (κ2) is 3.58. The molecule has 1 aliphatic rings. The molecule has 0 saturated heterocycles. The van der Waals surface area contributed by atoms with Crippen LogP contribution in [0.3, 0.4) is 0 Å². The molecule has 1 heterocycles. The van der Waals surface area contributed by atoms with Crippen LogP contribution in [0.2, 0.25) is 0 Å². The SMILES string of the molecule is CC(O)CC1Cc2c(F)cccc2N1. The summed E-state index contributed by atoms with van der Waals surface area (Å²) in [6, 6.07) is 5.22. The number of aliphatic hydroxyl groups is 1. The van der Waals surface area contributed by atoms with Crippen LogP contribution in [-0.4, -0.2) is 17.3 Å². The van der Waals surface area contributed by atoms with E-state index in [0.717, 1.165) is 11.3 Å². The van der Waals surface area contributed by atoms with Crippen LogP contribution < -0.4 is 5.32 Å². The maximum absolute atomic E-state index is 13.3. The highest BCUT2D eigenvalue weighted by Gasteiger charge is 2.23. The normalized spacial score (nSPS) is 21.5. The van der Waals surface area contributed by atoms with Gasteiger partial charge in [-0.3, -0.25) is 0 Å². The fourth-order valence-electron chi connectivity index (χ4n) is 1.97. The topological polar surface area (TPSA) is 32.3 Å². The number of nitrogens with one attached hydrogen (secondary N) is 1. The van der Waals surface area contributed by atoms with Crippen molar-refractivity contribution in [3.8, 4) is 0 Å². The monoisotopic (exact) mass is 195 g/mol. The van der Waals surface area contributed by atoms with Crippen molar-refractivity contribution in [3.05, 3.63) is 29.6 Å². The molecule has 0 aromatic heterocycles. The van der Waals surface area contributed by atoms with E-state index in [4.69, 9.17) is 0 Å². The molecule has 2 nitrogen and oxygen atoms in total. The van der Waals surface area contributed by atoms with Crippen LogP contribution >= 0.6 is 0 Å². The molecule has 1 aromatic rings. The Kier molecular flexibility index (Phi) is 2.42. The Labute approximate surface area is 82.8 Å². The van der Waals surface area contributed by atoms with Gasteiger partial charge in [0.25, 0.3) is 0 Å². The first-order valence-electron chi connectivity index (χ1n) is 4.89. The molecule has 0 radical (unpaired) electrons. The molecule has 0 fully saturated rings. The summed E-state index contributed by atoms with van der Waals surface area (Å²) in [6.07, 6.45) is 0.992. The minimum Gasteiger partial charge on any atom is -0.393 e. The zero-order valence-corrected chi connectivity index (χ0v) is 8.13. The van der Waals surface area contributed by atoms with Gasteiger partial charge in [-0.1, -0.05) is 6.07 Å². The number of aliphatic hydroxyl groups excluding tert-OH is 1. The lowest BCUT2D eigenvalue weighted by Gasteiger charge is -2.12. The molecule has 2 unspecified atom stereocenters. The molecular weight excluding hydrogens is 181 g/mol.